The summed E-state index contributed by atoms with van der Waals surface area (Å²) in [5.74, 6) is -0.908. The number of halogens is 4. The fourth-order valence-electron chi connectivity index (χ4n) is 7.55. The zero-order chi connectivity index (χ0) is 37.7. The van der Waals surface area contributed by atoms with Gasteiger partial charge in [-0.15, -0.1) is 12.4 Å². The summed E-state index contributed by atoms with van der Waals surface area (Å²) in [6.45, 7) is 3.38. The van der Waals surface area contributed by atoms with E-state index in [1.165, 1.54) is 66.6 Å². The van der Waals surface area contributed by atoms with E-state index in [0.717, 1.165) is 33.7 Å². The summed E-state index contributed by atoms with van der Waals surface area (Å²) >= 11 is 0. The third-order valence-electron chi connectivity index (χ3n) is 10.2. The number of morpholine rings is 1. The summed E-state index contributed by atoms with van der Waals surface area (Å²) in [6.07, 6.45) is -1.52. The number of nitrogens with zero attached hydrogens (tertiary/aromatic N) is 6. The highest BCUT2D eigenvalue weighted by Crippen LogP contribution is 2.44. The SMILES string of the molecule is Cl.Cn1cc(N(C(=O)c2cc(-c3cc4c(cc3C(=O)N3Cc5ccccc5C[C@H]3CN3CCOCC3)OCO4)n(C)c2C(F)(F)F)c2ccc(O)cc2)cn1. The van der Waals surface area contributed by atoms with Crippen molar-refractivity contribution < 1.29 is 42.1 Å². The van der Waals surface area contributed by atoms with Crippen molar-refractivity contribution in [1.82, 2.24) is 24.1 Å². The molecule has 0 radical (unpaired) electrons. The molecule has 3 aliphatic rings. The van der Waals surface area contributed by atoms with E-state index in [1.54, 1.807) is 11.9 Å². The summed E-state index contributed by atoms with van der Waals surface area (Å²) in [5.41, 5.74) is 0.932. The summed E-state index contributed by atoms with van der Waals surface area (Å²) in [4.78, 5) is 34.6. The van der Waals surface area contributed by atoms with Crippen LogP contribution in [0.1, 0.15) is 37.5 Å². The molecule has 0 bridgehead atoms. The molecule has 3 aliphatic heterocycles. The first-order valence-electron chi connectivity index (χ1n) is 17.5. The molecule has 0 unspecified atom stereocenters. The lowest BCUT2D eigenvalue weighted by atomic mass is 9.92. The zero-order valence-electron chi connectivity index (χ0n) is 30.0. The number of hydrogen-bond donors (Lipinski definition) is 1. The Balaban J connectivity index is 0.00000465. The molecule has 12 nitrogen and oxygen atoms in total. The first-order chi connectivity index (χ1) is 26.0. The number of aryl methyl sites for hydroxylation is 1. The van der Waals surface area contributed by atoms with Gasteiger partial charge in [-0.2, -0.15) is 18.3 Å². The maximum atomic E-state index is 15.1. The second kappa shape index (κ2) is 15.0. The van der Waals surface area contributed by atoms with E-state index in [2.05, 4.69) is 16.1 Å². The van der Waals surface area contributed by atoms with E-state index in [4.69, 9.17) is 14.2 Å². The molecule has 16 heteroatoms. The number of rotatable bonds is 7. The van der Waals surface area contributed by atoms with Crippen LogP contribution in [0.3, 0.4) is 0 Å². The average molecular weight is 779 g/mol. The van der Waals surface area contributed by atoms with Gasteiger partial charge in [0.2, 0.25) is 6.79 Å². The van der Waals surface area contributed by atoms with Gasteiger partial charge in [-0.3, -0.25) is 24.1 Å². The summed E-state index contributed by atoms with van der Waals surface area (Å²) in [5, 5.41) is 14.1. The Morgan fingerprint density at radius 1 is 0.927 bits per heavy atom. The minimum absolute atomic E-state index is 0. The van der Waals surface area contributed by atoms with Crippen LogP contribution in [0.4, 0.5) is 24.5 Å². The summed E-state index contributed by atoms with van der Waals surface area (Å²) in [7, 11) is 2.84. The van der Waals surface area contributed by atoms with Crippen LogP contribution in [0, 0.1) is 0 Å². The molecule has 1 N–H and O–H groups in total. The molecule has 2 amide bonds. The van der Waals surface area contributed by atoms with Gasteiger partial charge in [0.15, 0.2) is 11.5 Å². The van der Waals surface area contributed by atoms with Crippen molar-refractivity contribution in [2.24, 2.45) is 14.1 Å². The number of phenols is 1. The van der Waals surface area contributed by atoms with Gasteiger partial charge in [-0.05, 0) is 60.0 Å². The Morgan fingerprint density at radius 3 is 2.29 bits per heavy atom. The summed E-state index contributed by atoms with van der Waals surface area (Å²) in [6, 6.07) is 17.4. The Kier molecular flexibility index (Phi) is 10.3. The second-order valence-electron chi connectivity index (χ2n) is 13.6. The molecule has 1 atom stereocenters. The number of fused-ring (bicyclic) bond motifs is 2. The third kappa shape index (κ3) is 7.22. The van der Waals surface area contributed by atoms with Gasteiger partial charge in [0.1, 0.15) is 11.4 Å². The topological polar surface area (TPSA) is 115 Å². The van der Waals surface area contributed by atoms with Gasteiger partial charge in [-0.1, -0.05) is 24.3 Å². The Morgan fingerprint density at radius 2 is 1.62 bits per heavy atom. The van der Waals surface area contributed by atoms with E-state index in [-0.39, 0.29) is 70.8 Å². The fraction of sp³-hybridized carbons (Fsp3) is 0.308. The van der Waals surface area contributed by atoms with Crippen molar-refractivity contribution in [2.45, 2.75) is 25.2 Å². The number of alkyl halides is 3. The van der Waals surface area contributed by atoms with E-state index in [0.29, 0.717) is 38.5 Å². The number of carbonyl (C=O) groups is 2. The van der Waals surface area contributed by atoms with Gasteiger partial charge < -0.3 is 28.8 Å². The lowest BCUT2D eigenvalue weighted by molar-refractivity contribution is -0.143. The van der Waals surface area contributed by atoms with Gasteiger partial charge in [0.25, 0.3) is 11.8 Å². The highest BCUT2D eigenvalue weighted by molar-refractivity contribution is 6.12. The number of carbonyl (C=O) groups excluding carboxylic acids is 2. The van der Waals surface area contributed by atoms with E-state index >= 15 is 13.2 Å². The van der Waals surface area contributed by atoms with Crippen molar-refractivity contribution in [2.75, 3.05) is 44.5 Å². The van der Waals surface area contributed by atoms with Crippen LogP contribution in [-0.2, 0) is 38.0 Å². The first-order valence-corrected chi connectivity index (χ1v) is 17.5. The number of amides is 2. The van der Waals surface area contributed by atoms with Crippen molar-refractivity contribution in [1.29, 1.82) is 0 Å². The van der Waals surface area contributed by atoms with Crippen LogP contribution in [-0.4, -0.2) is 86.8 Å². The van der Waals surface area contributed by atoms with E-state index in [9.17, 15) is 14.7 Å². The minimum atomic E-state index is -4.98. The van der Waals surface area contributed by atoms with Gasteiger partial charge in [0, 0.05) is 69.5 Å². The van der Waals surface area contributed by atoms with Crippen LogP contribution in [0.25, 0.3) is 11.3 Å². The molecule has 5 aromatic rings. The molecule has 0 aliphatic carbocycles. The molecule has 5 heterocycles. The average Bonchev–Trinajstić information content (AvgIpc) is 3.89. The maximum absolute atomic E-state index is 15.1. The summed E-state index contributed by atoms with van der Waals surface area (Å²) < 4.78 is 64.6. The Labute approximate surface area is 320 Å². The van der Waals surface area contributed by atoms with Crippen molar-refractivity contribution >= 4 is 35.6 Å². The molecule has 0 spiro atoms. The molecule has 8 rings (SSSR count). The molecule has 0 saturated carbocycles. The number of phenolic OH excluding ortho intramolecular Hbond substituents is 1. The van der Waals surface area contributed by atoms with Crippen LogP contribution in [0.2, 0.25) is 0 Å². The predicted octanol–water partition coefficient (Wildman–Crippen LogP) is 6.18. The molecule has 1 saturated heterocycles. The molecule has 3 aromatic carbocycles. The van der Waals surface area contributed by atoms with Crippen molar-refractivity contribution in [3.05, 3.63) is 107 Å². The van der Waals surface area contributed by atoms with Gasteiger partial charge in [-0.25, -0.2) is 0 Å². The van der Waals surface area contributed by atoms with Crippen molar-refractivity contribution in [3.8, 4) is 28.5 Å². The first kappa shape index (κ1) is 37.8. The highest BCUT2D eigenvalue weighted by Gasteiger charge is 2.42. The molecule has 1 fully saturated rings. The standard InChI is InChI=1S/C39H37F3N6O6.ClH/c1-44-21-28(19-43-44)48(26-7-9-29(49)10-8-26)38(51)32-16-33(45(2)36(32)39(40,41)42)30-17-34-35(54-23-53-34)18-31(30)37(50)47-20-25-6-4-3-5-24(25)15-27(47)22-46-11-13-52-14-12-46;/h3-10,16-19,21,27,49H,11-15,20,22-23H2,1-2H3;1H/t27-;/m0./s1. The normalized spacial score (nSPS) is 16.7. The number of aromatic nitrogens is 3. The van der Waals surface area contributed by atoms with Gasteiger partial charge in [0.05, 0.1) is 36.2 Å². The lowest BCUT2D eigenvalue weighted by Crippen LogP contribution is -2.52. The Bertz CT molecular complexity index is 2230. The largest absolute Gasteiger partial charge is 0.508 e. The Hall–Kier alpha value is -5.51. The van der Waals surface area contributed by atoms with Crippen LogP contribution < -0.4 is 14.4 Å². The number of anilines is 2. The molecule has 288 valence electrons. The number of benzene rings is 3. The fourth-order valence-corrected chi connectivity index (χ4v) is 7.55. The minimum Gasteiger partial charge on any atom is -0.508 e. The molecular formula is C39H38ClF3N6O6. The van der Waals surface area contributed by atoms with Crippen LogP contribution >= 0.6 is 12.4 Å². The predicted molar refractivity (Wildman–Crippen MR) is 198 cm³/mol. The zero-order valence-corrected chi connectivity index (χ0v) is 30.8. The van der Waals surface area contributed by atoms with E-state index < -0.39 is 23.3 Å². The van der Waals surface area contributed by atoms with Gasteiger partial charge >= 0.3 is 6.18 Å². The third-order valence-corrected chi connectivity index (χ3v) is 10.2. The number of ether oxygens (including phenoxy) is 3. The van der Waals surface area contributed by atoms with E-state index in [1.807, 2.05) is 18.2 Å². The number of aromatic hydroxyl groups is 1. The molecule has 55 heavy (non-hydrogen) atoms. The molecule has 2 aromatic heterocycles. The maximum Gasteiger partial charge on any atom is 0.432 e. The lowest BCUT2D eigenvalue weighted by Gasteiger charge is -2.40. The van der Waals surface area contributed by atoms with Crippen LogP contribution in [0.5, 0.6) is 17.2 Å². The smallest absolute Gasteiger partial charge is 0.432 e. The highest BCUT2D eigenvalue weighted by atomic mass is 35.5. The van der Waals surface area contributed by atoms with Crippen molar-refractivity contribution in [3.63, 3.8) is 0 Å². The quantitative estimate of drug-likeness (QED) is 0.209. The monoisotopic (exact) mass is 778 g/mol. The van der Waals surface area contributed by atoms with Crippen LogP contribution in [0.15, 0.2) is 79.1 Å². The molecular weight excluding hydrogens is 741 g/mol. The number of hydrogen-bond acceptors (Lipinski definition) is 8. The second-order valence-corrected chi connectivity index (χ2v) is 13.6.